The second kappa shape index (κ2) is 6.43. The molecule has 0 heterocycles. The number of aryl methyl sites for hydroxylation is 1. The van der Waals surface area contributed by atoms with Gasteiger partial charge >= 0.3 is 0 Å². The van der Waals surface area contributed by atoms with E-state index in [4.69, 9.17) is 0 Å². The van der Waals surface area contributed by atoms with E-state index in [1.165, 1.54) is 0 Å². The summed E-state index contributed by atoms with van der Waals surface area (Å²) >= 11 is 0. The molecule has 0 unspecified atom stereocenters. The highest BCUT2D eigenvalue weighted by atomic mass is 16.2. The lowest BCUT2D eigenvalue weighted by Gasteiger charge is -2.27. The molecule has 0 aromatic heterocycles. The van der Waals surface area contributed by atoms with Crippen molar-refractivity contribution in [2.24, 2.45) is 0 Å². The third-order valence-corrected chi connectivity index (χ3v) is 3.09. The summed E-state index contributed by atoms with van der Waals surface area (Å²) in [6.45, 7) is 9.01. The van der Waals surface area contributed by atoms with Crippen molar-refractivity contribution in [3.8, 4) is 0 Å². The Balaban J connectivity index is 3.01. The van der Waals surface area contributed by atoms with Crippen molar-refractivity contribution >= 4 is 11.6 Å². The molecule has 100 valence electrons. The van der Waals surface area contributed by atoms with E-state index in [1.54, 1.807) is 0 Å². The highest BCUT2D eigenvalue weighted by Gasteiger charge is 2.19. The minimum absolute atomic E-state index is 0.131. The van der Waals surface area contributed by atoms with Gasteiger partial charge in [-0.2, -0.15) is 0 Å². The van der Waals surface area contributed by atoms with Gasteiger partial charge in [-0.25, -0.2) is 0 Å². The van der Waals surface area contributed by atoms with Crippen LogP contribution in [0.1, 0.15) is 43.1 Å². The highest BCUT2D eigenvalue weighted by molar-refractivity contribution is 5.96. The first kappa shape index (κ1) is 14.6. The van der Waals surface area contributed by atoms with Gasteiger partial charge < -0.3 is 10.2 Å². The number of benzene rings is 1. The van der Waals surface area contributed by atoms with E-state index in [0.717, 1.165) is 29.8 Å². The Morgan fingerprint density at radius 2 is 2.06 bits per heavy atom. The lowest BCUT2D eigenvalue weighted by atomic mass is 10.1. The van der Waals surface area contributed by atoms with Gasteiger partial charge in [0.25, 0.3) is 5.91 Å². The van der Waals surface area contributed by atoms with Gasteiger partial charge in [-0.15, -0.1) is 0 Å². The Morgan fingerprint density at radius 1 is 1.39 bits per heavy atom. The number of carbonyl (C=O) groups excluding carboxylic acids is 1. The molecular weight excluding hydrogens is 224 g/mol. The Morgan fingerprint density at radius 3 is 2.50 bits per heavy atom. The smallest absolute Gasteiger partial charge is 0.254 e. The summed E-state index contributed by atoms with van der Waals surface area (Å²) in [5.41, 5.74) is 2.86. The van der Waals surface area contributed by atoms with Crippen molar-refractivity contribution in [2.75, 3.05) is 18.9 Å². The molecule has 0 spiro atoms. The predicted molar refractivity (Wildman–Crippen MR) is 77.2 cm³/mol. The standard InChI is InChI=1S/C15H24N2O/c1-6-9-17(11(2)3)15(18)14-8-7-13(16-5)10-12(14)4/h7-8,10-11,16H,6,9H2,1-5H3. The van der Waals surface area contributed by atoms with Gasteiger partial charge in [-0.3, -0.25) is 4.79 Å². The summed E-state index contributed by atoms with van der Waals surface area (Å²) in [6, 6.07) is 6.11. The van der Waals surface area contributed by atoms with E-state index >= 15 is 0 Å². The minimum Gasteiger partial charge on any atom is -0.388 e. The molecule has 0 saturated heterocycles. The van der Waals surface area contributed by atoms with Crippen molar-refractivity contribution in [3.63, 3.8) is 0 Å². The zero-order valence-electron chi connectivity index (χ0n) is 12.1. The fraction of sp³-hybridized carbons (Fsp3) is 0.533. The van der Waals surface area contributed by atoms with Crippen molar-refractivity contribution in [3.05, 3.63) is 29.3 Å². The van der Waals surface area contributed by atoms with Crippen molar-refractivity contribution < 1.29 is 4.79 Å². The average molecular weight is 248 g/mol. The quantitative estimate of drug-likeness (QED) is 0.867. The third-order valence-electron chi connectivity index (χ3n) is 3.09. The molecule has 0 saturated carbocycles. The topological polar surface area (TPSA) is 32.3 Å². The molecule has 1 rings (SSSR count). The molecule has 3 heteroatoms. The number of nitrogens with zero attached hydrogens (tertiary/aromatic N) is 1. The molecule has 0 bridgehead atoms. The molecular formula is C15H24N2O. The SMILES string of the molecule is CCCN(C(=O)c1ccc(NC)cc1C)C(C)C. The zero-order valence-corrected chi connectivity index (χ0v) is 12.1. The lowest BCUT2D eigenvalue weighted by Crippen LogP contribution is -2.37. The van der Waals surface area contributed by atoms with Gasteiger partial charge in [0.05, 0.1) is 0 Å². The molecule has 0 atom stereocenters. The van der Waals surface area contributed by atoms with E-state index < -0.39 is 0 Å². The molecule has 0 aliphatic rings. The Labute approximate surface area is 110 Å². The molecule has 18 heavy (non-hydrogen) atoms. The second-order valence-corrected chi connectivity index (χ2v) is 4.87. The number of hydrogen-bond donors (Lipinski definition) is 1. The Hall–Kier alpha value is -1.51. The van der Waals surface area contributed by atoms with Crippen molar-refractivity contribution in [1.82, 2.24) is 4.90 Å². The van der Waals surface area contributed by atoms with Crippen LogP contribution in [0.5, 0.6) is 0 Å². The first-order valence-electron chi connectivity index (χ1n) is 6.60. The normalized spacial score (nSPS) is 10.6. The van der Waals surface area contributed by atoms with Crippen LogP contribution in [0.15, 0.2) is 18.2 Å². The van der Waals surface area contributed by atoms with Crippen LogP contribution in [0.3, 0.4) is 0 Å². The number of amides is 1. The van der Waals surface area contributed by atoms with E-state index in [0.29, 0.717) is 0 Å². The third kappa shape index (κ3) is 3.25. The molecule has 1 amide bonds. The zero-order chi connectivity index (χ0) is 13.7. The Bertz CT molecular complexity index is 413. The van der Waals surface area contributed by atoms with Crippen LogP contribution < -0.4 is 5.32 Å². The van der Waals surface area contributed by atoms with Crippen LogP contribution in [-0.2, 0) is 0 Å². The first-order chi connectivity index (χ1) is 8.51. The second-order valence-electron chi connectivity index (χ2n) is 4.87. The van der Waals surface area contributed by atoms with Crippen molar-refractivity contribution in [2.45, 2.75) is 40.2 Å². The number of nitrogens with one attached hydrogen (secondary N) is 1. The minimum atomic E-state index is 0.131. The maximum absolute atomic E-state index is 12.5. The number of anilines is 1. The summed E-state index contributed by atoms with van der Waals surface area (Å²) in [5, 5.41) is 3.09. The van der Waals surface area contributed by atoms with Gasteiger partial charge in [0, 0.05) is 30.9 Å². The largest absolute Gasteiger partial charge is 0.388 e. The summed E-state index contributed by atoms with van der Waals surface area (Å²) in [6.07, 6.45) is 0.984. The van der Waals surface area contributed by atoms with Gasteiger partial charge in [-0.1, -0.05) is 6.92 Å². The lowest BCUT2D eigenvalue weighted by molar-refractivity contribution is 0.0705. The first-order valence-corrected chi connectivity index (χ1v) is 6.60. The van der Waals surface area contributed by atoms with Crippen LogP contribution in [0.4, 0.5) is 5.69 Å². The number of rotatable bonds is 5. The number of carbonyl (C=O) groups is 1. The van der Waals surface area contributed by atoms with E-state index in [9.17, 15) is 4.79 Å². The van der Waals surface area contributed by atoms with E-state index in [-0.39, 0.29) is 11.9 Å². The average Bonchev–Trinajstić information content (AvgIpc) is 2.34. The van der Waals surface area contributed by atoms with Crippen LogP contribution in [0, 0.1) is 6.92 Å². The van der Waals surface area contributed by atoms with E-state index in [2.05, 4.69) is 26.1 Å². The molecule has 0 aliphatic carbocycles. The molecule has 0 aliphatic heterocycles. The van der Waals surface area contributed by atoms with Gasteiger partial charge in [-0.05, 0) is 51.0 Å². The molecule has 1 aromatic rings. The summed E-state index contributed by atoms with van der Waals surface area (Å²) in [5.74, 6) is 0.131. The van der Waals surface area contributed by atoms with Crippen LogP contribution in [0.2, 0.25) is 0 Å². The van der Waals surface area contributed by atoms with Gasteiger partial charge in [0.1, 0.15) is 0 Å². The predicted octanol–water partition coefficient (Wildman–Crippen LogP) is 3.30. The van der Waals surface area contributed by atoms with E-state index in [1.807, 2.05) is 37.1 Å². The molecule has 1 aromatic carbocycles. The summed E-state index contributed by atoms with van der Waals surface area (Å²) < 4.78 is 0. The van der Waals surface area contributed by atoms with Crippen LogP contribution >= 0.6 is 0 Å². The summed E-state index contributed by atoms with van der Waals surface area (Å²) in [7, 11) is 1.88. The van der Waals surface area contributed by atoms with Gasteiger partial charge in [0.15, 0.2) is 0 Å². The highest BCUT2D eigenvalue weighted by Crippen LogP contribution is 2.17. The fourth-order valence-electron chi connectivity index (χ4n) is 2.05. The molecule has 0 fully saturated rings. The summed E-state index contributed by atoms with van der Waals surface area (Å²) in [4.78, 5) is 14.4. The molecule has 3 nitrogen and oxygen atoms in total. The van der Waals surface area contributed by atoms with Crippen LogP contribution in [-0.4, -0.2) is 30.4 Å². The number of hydrogen-bond acceptors (Lipinski definition) is 2. The molecule has 0 radical (unpaired) electrons. The maximum Gasteiger partial charge on any atom is 0.254 e. The van der Waals surface area contributed by atoms with Crippen LogP contribution in [0.25, 0.3) is 0 Å². The Kier molecular flexibility index (Phi) is 5.20. The maximum atomic E-state index is 12.5. The molecule has 1 N–H and O–H groups in total. The van der Waals surface area contributed by atoms with Gasteiger partial charge in [0.2, 0.25) is 0 Å². The van der Waals surface area contributed by atoms with Crippen molar-refractivity contribution in [1.29, 1.82) is 0 Å². The fourth-order valence-corrected chi connectivity index (χ4v) is 2.05. The monoisotopic (exact) mass is 248 g/mol.